The van der Waals surface area contributed by atoms with Crippen molar-refractivity contribution >= 4 is 11.6 Å². The van der Waals surface area contributed by atoms with Crippen LogP contribution in [0.25, 0.3) is 0 Å². The zero-order valence-electron chi connectivity index (χ0n) is 9.22. The maximum Gasteiger partial charge on any atom is 0.124 e. The van der Waals surface area contributed by atoms with Crippen molar-refractivity contribution in [3.63, 3.8) is 0 Å². The van der Waals surface area contributed by atoms with Crippen molar-refractivity contribution < 1.29 is 9.13 Å². The average molecular weight is 244 g/mol. The first kappa shape index (κ1) is 11.8. The molecule has 0 amide bonds. The SMILES string of the molecule is CC1(NCc2ccc(F)cc2Cl)CCOC1. The van der Waals surface area contributed by atoms with E-state index in [1.807, 2.05) is 0 Å². The van der Waals surface area contributed by atoms with Gasteiger partial charge in [0.2, 0.25) is 0 Å². The van der Waals surface area contributed by atoms with Crippen molar-refractivity contribution in [2.45, 2.75) is 25.4 Å². The van der Waals surface area contributed by atoms with E-state index in [9.17, 15) is 4.39 Å². The lowest BCUT2D eigenvalue weighted by Gasteiger charge is -2.23. The smallest absolute Gasteiger partial charge is 0.124 e. The monoisotopic (exact) mass is 243 g/mol. The minimum absolute atomic E-state index is 0.0116. The first-order valence-electron chi connectivity index (χ1n) is 5.36. The number of halogens is 2. The second kappa shape index (κ2) is 4.70. The zero-order chi connectivity index (χ0) is 11.6. The summed E-state index contributed by atoms with van der Waals surface area (Å²) in [5.74, 6) is -0.302. The molecule has 1 aliphatic rings. The van der Waals surface area contributed by atoms with Crippen LogP contribution in [0, 0.1) is 5.82 Å². The Balaban J connectivity index is 1.99. The Labute approximate surface area is 99.7 Å². The molecule has 1 atom stereocenters. The van der Waals surface area contributed by atoms with Crippen LogP contribution in [0.1, 0.15) is 18.9 Å². The van der Waals surface area contributed by atoms with Gasteiger partial charge in [0.1, 0.15) is 5.82 Å². The molecular weight excluding hydrogens is 229 g/mol. The van der Waals surface area contributed by atoms with E-state index in [4.69, 9.17) is 16.3 Å². The Morgan fingerprint density at radius 1 is 1.56 bits per heavy atom. The van der Waals surface area contributed by atoms with Crippen molar-refractivity contribution in [1.29, 1.82) is 0 Å². The highest BCUT2D eigenvalue weighted by atomic mass is 35.5. The van der Waals surface area contributed by atoms with E-state index in [-0.39, 0.29) is 11.4 Å². The molecule has 1 heterocycles. The van der Waals surface area contributed by atoms with Crippen LogP contribution in [0.4, 0.5) is 4.39 Å². The van der Waals surface area contributed by atoms with Gasteiger partial charge in [-0.1, -0.05) is 17.7 Å². The third kappa shape index (κ3) is 2.73. The molecule has 1 aromatic carbocycles. The second-order valence-corrected chi connectivity index (χ2v) is 4.86. The fourth-order valence-electron chi connectivity index (χ4n) is 1.78. The molecule has 4 heteroatoms. The van der Waals surface area contributed by atoms with Crippen molar-refractivity contribution in [3.8, 4) is 0 Å². The molecule has 0 aromatic heterocycles. The largest absolute Gasteiger partial charge is 0.379 e. The molecule has 1 unspecified atom stereocenters. The van der Waals surface area contributed by atoms with Gasteiger partial charge in [-0.25, -0.2) is 4.39 Å². The van der Waals surface area contributed by atoms with Crippen LogP contribution in [0.5, 0.6) is 0 Å². The molecule has 0 spiro atoms. The summed E-state index contributed by atoms with van der Waals surface area (Å²) in [7, 11) is 0. The molecule has 0 radical (unpaired) electrons. The van der Waals surface area contributed by atoms with Crippen molar-refractivity contribution in [2.75, 3.05) is 13.2 Å². The van der Waals surface area contributed by atoms with Crippen molar-refractivity contribution in [1.82, 2.24) is 5.32 Å². The van der Waals surface area contributed by atoms with E-state index in [0.29, 0.717) is 18.2 Å². The van der Waals surface area contributed by atoms with E-state index < -0.39 is 0 Å². The molecule has 1 fully saturated rings. The Bertz CT molecular complexity index is 377. The predicted octanol–water partition coefficient (Wildman–Crippen LogP) is 2.75. The topological polar surface area (TPSA) is 21.3 Å². The van der Waals surface area contributed by atoms with Crippen molar-refractivity contribution in [3.05, 3.63) is 34.6 Å². The third-order valence-electron chi connectivity index (χ3n) is 2.94. The number of ether oxygens (including phenoxy) is 1. The molecule has 16 heavy (non-hydrogen) atoms. The maximum atomic E-state index is 12.8. The minimum atomic E-state index is -0.302. The number of benzene rings is 1. The highest BCUT2D eigenvalue weighted by Crippen LogP contribution is 2.21. The van der Waals surface area contributed by atoms with Gasteiger partial charge in [0.15, 0.2) is 0 Å². The van der Waals surface area contributed by atoms with Gasteiger partial charge in [0.05, 0.1) is 6.61 Å². The van der Waals surface area contributed by atoms with Crippen LogP contribution in [0.15, 0.2) is 18.2 Å². The molecule has 2 nitrogen and oxygen atoms in total. The Kier molecular flexibility index (Phi) is 3.47. The summed E-state index contributed by atoms with van der Waals surface area (Å²) in [5.41, 5.74) is 0.925. The van der Waals surface area contributed by atoms with E-state index in [1.54, 1.807) is 6.07 Å². The first-order valence-corrected chi connectivity index (χ1v) is 5.74. The lowest BCUT2D eigenvalue weighted by atomic mass is 10.0. The van der Waals surface area contributed by atoms with Crippen LogP contribution >= 0.6 is 11.6 Å². The normalized spacial score (nSPS) is 24.9. The Morgan fingerprint density at radius 3 is 3.00 bits per heavy atom. The quantitative estimate of drug-likeness (QED) is 0.882. The molecule has 1 aromatic rings. The number of nitrogens with one attached hydrogen (secondary N) is 1. The van der Waals surface area contributed by atoms with E-state index >= 15 is 0 Å². The molecule has 0 aliphatic carbocycles. The second-order valence-electron chi connectivity index (χ2n) is 4.45. The number of hydrogen-bond donors (Lipinski definition) is 1. The molecular formula is C12H15ClFNO. The Hall–Kier alpha value is -0.640. The van der Waals surface area contributed by atoms with E-state index in [2.05, 4.69) is 12.2 Å². The fraction of sp³-hybridized carbons (Fsp3) is 0.500. The van der Waals surface area contributed by atoms with E-state index in [1.165, 1.54) is 12.1 Å². The highest BCUT2D eigenvalue weighted by Gasteiger charge is 2.28. The summed E-state index contributed by atoms with van der Waals surface area (Å²) >= 11 is 5.95. The van der Waals surface area contributed by atoms with Gasteiger partial charge in [-0.2, -0.15) is 0 Å². The van der Waals surface area contributed by atoms with E-state index in [0.717, 1.165) is 18.6 Å². The van der Waals surface area contributed by atoms with Gasteiger partial charge in [0, 0.05) is 23.7 Å². The van der Waals surface area contributed by atoms with Crippen LogP contribution in [0.3, 0.4) is 0 Å². The van der Waals surface area contributed by atoms with Crippen molar-refractivity contribution in [2.24, 2.45) is 0 Å². The van der Waals surface area contributed by atoms with Gasteiger partial charge in [0.25, 0.3) is 0 Å². The zero-order valence-corrected chi connectivity index (χ0v) is 9.98. The summed E-state index contributed by atoms with van der Waals surface area (Å²) in [5, 5.41) is 3.87. The minimum Gasteiger partial charge on any atom is -0.379 e. The molecule has 2 rings (SSSR count). The third-order valence-corrected chi connectivity index (χ3v) is 3.29. The molecule has 88 valence electrons. The highest BCUT2D eigenvalue weighted by molar-refractivity contribution is 6.31. The van der Waals surface area contributed by atoms with Gasteiger partial charge >= 0.3 is 0 Å². The number of rotatable bonds is 3. The molecule has 1 aliphatic heterocycles. The predicted molar refractivity (Wildman–Crippen MR) is 62.1 cm³/mol. The van der Waals surface area contributed by atoms with Crippen LogP contribution in [-0.2, 0) is 11.3 Å². The van der Waals surface area contributed by atoms with Crippen LogP contribution in [-0.4, -0.2) is 18.8 Å². The van der Waals surface area contributed by atoms with Gasteiger partial charge in [-0.05, 0) is 31.0 Å². The fourth-order valence-corrected chi connectivity index (χ4v) is 2.01. The summed E-state index contributed by atoms with van der Waals surface area (Å²) < 4.78 is 18.2. The molecule has 0 bridgehead atoms. The lowest BCUT2D eigenvalue weighted by Crippen LogP contribution is -2.42. The summed E-state index contributed by atoms with van der Waals surface area (Å²) in [6.45, 7) is 4.27. The molecule has 0 saturated carbocycles. The molecule has 1 saturated heterocycles. The van der Waals surface area contributed by atoms with Crippen LogP contribution < -0.4 is 5.32 Å². The van der Waals surface area contributed by atoms with Gasteiger partial charge in [-0.3, -0.25) is 0 Å². The molecule has 1 N–H and O–H groups in total. The summed E-state index contributed by atoms with van der Waals surface area (Å²) in [4.78, 5) is 0. The summed E-state index contributed by atoms with van der Waals surface area (Å²) in [6.07, 6.45) is 0.992. The Morgan fingerprint density at radius 2 is 2.38 bits per heavy atom. The van der Waals surface area contributed by atoms with Gasteiger partial charge < -0.3 is 10.1 Å². The first-order chi connectivity index (χ1) is 7.59. The maximum absolute atomic E-state index is 12.8. The lowest BCUT2D eigenvalue weighted by molar-refractivity contribution is 0.171. The number of hydrogen-bond acceptors (Lipinski definition) is 2. The van der Waals surface area contributed by atoms with Gasteiger partial charge in [-0.15, -0.1) is 0 Å². The summed E-state index contributed by atoms with van der Waals surface area (Å²) in [6, 6.07) is 4.48. The van der Waals surface area contributed by atoms with Crippen LogP contribution in [0.2, 0.25) is 5.02 Å². The standard InChI is InChI=1S/C12H15ClFNO/c1-12(4-5-16-8-12)15-7-9-2-3-10(14)6-11(9)13/h2-3,6,15H,4-5,7-8H2,1H3. The average Bonchev–Trinajstić information content (AvgIpc) is 2.64.